The van der Waals surface area contributed by atoms with Crippen molar-refractivity contribution in [2.75, 3.05) is 0 Å². The number of aromatic nitrogens is 5. The lowest BCUT2D eigenvalue weighted by molar-refractivity contribution is 0.0690. The van der Waals surface area contributed by atoms with E-state index in [0.29, 0.717) is 22.1 Å². The molecule has 0 spiro atoms. The number of carboxylic acids is 1. The lowest BCUT2D eigenvalue weighted by atomic mass is 10.2. The number of halogens is 1. The maximum Gasteiger partial charge on any atom is 0.354 e. The highest BCUT2D eigenvalue weighted by molar-refractivity contribution is 6.30. The molecular weight excluding hydrogens is 330 g/mol. The Balaban J connectivity index is 2.03. The van der Waals surface area contributed by atoms with Crippen LogP contribution in [0.1, 0.15) is 21.9 Å². The molecule has 0 unspecified atom stereocenters. The fourth-order valence-corrected chi connectivity index (χ4v) is 2.13. The van der Waals surface area contributed by atoms with E-state index in [2.05, 4.69) is 20.3 Å². The van der Waals surface area contributed by atoms with Crippen LogP contribution >= 0.6 is 11.6 Å². The normalized spacial score (nSPS) is 11.1. The van der Waals surface area contributed by atoms with Crippen LogP contribution in [0.2, 0.25) is 5.02 Å². The van der Waals surface area contributed by atoms with Crippen LogP contribution in [-0.4, -0.2) is 36.0 Å². The first kappa shape index (κ1) is 15.8. The van der Waals surface area contributed by atoms with Crippen LogP contribution in [-0.2, 0) is 7.05 Å². The monoisotopic (exact) mass is 341 g/mol. The largest absolute Gasteiger partial charge is 0.477 e. The first-order chi connectivity index (χ1) is 11.5. The van der Waals surface area contributed by atoms with E-state index < -0.39 is 5.97 Å². The molecule has 1 aromatic carbocycles. The van der Waals surface area contributed by atoms with Gasteiger partial charge in [-0.3, -0.25) is 0 Å². The van der Waals surface area contributed by atoms with E-state index in [1.165, 1.54) is 6.07 Å². The predicted molar refractivity (Wildman–Crippen MR) is 89.4 cm³/mol. The Labute approximate surface area is 142 Å². The van der Waals surface area contributed by atoms with E-state index >= 15 is 0 Å². The molecule has 0 saturated carbocycles. The number of hydrogen-bond donors (Lipinski definition) is 1. The van der Waals surface area contributed by atoms with Crippen LogP contribution in [0, 0.1) is 0 Å². The van der Waals surface area contributed by atoms with Gasteiger partial charge in [0.15, 0.2) is 11.5 Å². The molecule has 0 atom stereocenters. The fourth-order valence-electron chi connectivity index (χ4n) is 2.01. The number of carboxylic acid groups (broad SMARTS) is 1. The number of rotatable bonds is 4. The minimum Gasteiger partial charge on any atom is -0.477 e. The number of aromatic carboxylic acids is 1. The molecule has 120 valence electrons. The van der Waals surface area contributed by atoms with E-state index in [1.807, 2.05) is 0 Å². The van der Waals surface area contributed by atoms with Crippen molar-refractivity contribution in [1.29, 1.82) is 0 Å². The second-order valence-corrected chi connectivity index (χ2v) is 5.37. The Morgan fingerprint density at radius 2 is 1.96 bits per heavy atom. The van der Waals surface area contributed by atoms with Crippen LogP contribution in [0.4, 0.5) is 0 Å². The van der Waals surface area contributed by atoms with Crippen LogP contribution in [0.15, 0.2) is 36.5 Å². The quantitative estimate of drug-likeness (QED) is 0.784. The lowest BCUT2D eigenvalue weighted by Crippen LogP contribution is -2.04. The molecule has 0 amide bonds. The Hall–Kier alpha value is -3.06. The van der Waals surface area contributed by atoms with Gasteiger partial charge in [0.2, 0.25) is 0 Å². The van der Waals surface area contributed by atoms with Crippen molar-refractivity contribution < 1.29 is 9.90 Å². The zero-order valence-corrected chi connectivity index (χ0v) is 13.3. The van der Waals surface area contributed by atoms with Gasteiger partial charge in [0.1, 0.15) is 0 Å². The summed E-state index contributed by atoms with van der Waals surface area (Å²) in [6.07, 6.45) is 5.03. The minimum atomic E-state index is -1.12. The third-order valence-electron chi connectivity index (χ3n) is 3.24. The number of carbonyl (C=O) groups is 1. The summed E-state index contributed by atoms with van der Waals surface area (Å²) in [4.78, 5) is 19.8. The molecular formula is C16H12ClN5O2. The standard InChI is InChI=1S/C16H12ClN5O2/c1-22-13(9-18-21-22)7-6-12-8-14(16(23)24)20-15(19-12)10-2-4-11(17)5-3-10/h2-9H,1H3,(H,23,24)/b7-6+. The van der Waals surface area contributed by atoms with Gasteiger partial charge in [-0.2, -0.15) is 0 Å². The van der Waals surface area contributed by atoms with E-state index in [4.69, 9.17) is 11.6 Å². The van der Waals surface area contributed by atoms with Crippen molar-refractivity contribution in [3.05, 3.63) is 58.6 Å². The van der Waals surface area contributed by atoms with Crippen LogP contribution in [0.3, 0.4) is 0 Å². The van der Waals surface area contributed by atoms with Gasteiger partial charge in [-0.05, 0) is 42.5 Å². The van der Waals surface area contributed by atoms with Crippen LogP contribution < -0.4 is 0 Å². The summed E-state index contributed by atoms with van der Waals surface area (Å²) in [5.74, 6) is -0.807. The Morgan fingerprint density at radius 3 is 2.58 bits per heavy atom. The van der Waals surface area contributed by atoms with E-state index in [0.717, 1.165) is 5.69 Å². The topological polar surface area (TPSA) is 93.8 Å². The van der Waals surface area contributed by atoms with E-state index in [-0.39, 0.29) is 5.69 Å². The summed E-state index contributed by atoms with van der Waals surface area (Å²) >= 11 is 5.87. The molecule has 2 heterocycles. The van der Waals surface area contributed by atoms with Crippen molar-refractivity contribution >= 4 is 29.7 Å². The second-order valence-electron chi connectivity index (χ2n) is 4.93. The minimum absolute atomic E-state index is 0.0854. The highest BCUT2D eigenvalue weighted by Gasteiger charge is 2.11. The highest BCUT2D eigenvalue weighted by atomic mass is 35.5. The summed E-state index contributed by atoms with van der Waals surface area (Å²) in [7, 11) is 1.76. The van der Waals surface area contributed by atoms with Crippen molar-refractivity contribution in [3.63, 3.8) is 0 Å². The summed E-state index contributed by atoms with van der Waals surface area (Å²) in [6, 6.07) is 8.28. The first-order valence-corrected chi connectivity index (χ1v) is 7.32. The molecule has 0 aliphatic carbocycles. The molecule has 0 aliphatic heterocycles. The van der Waals surface area contributed by atoms with Crippen LogP contribution in [0.5, 0.6) is 0 Å². The predicted octanol–water partition coefficient (Wildman–Crippen LogP) is 2.79. The van der Waals surface area contributed by atoms with Crippen molar-refractivity contribution in [1.82, 2.24) is 25.0 Å². The molecule has 7 nitrogen and oxygen atoms in total. The zero-order valence-electron chi connectivity index (χ0n) is 12.6. The first-order valence-electron chi connectivity index (χ1n) is 6.94. The smallest absolute Gasteiger partial charge is 0.354 e. The van der Waals surface area contributed by atoms with Gasteiger partial charge in [-0.1, -0.05) is 16.8 Å². The number of aryl methyl sites for hydroxylation is 1. The van der Waals surface area contributed by atoms with Gasteiger partial charge in [0, 0.05) is 17.6 Å². The van der Waals surface area contributed by atoms with E-state index in [9.17, 15) is 9.90 Å². The van der Waals surface area contributed by atoms with Crippen molar-refractivity contribution in [3.8, 4) is 11.4 Å². The Morgan fingerprint density at radius 1 is 1.21 bits per heavy atom. The average Bonchev–Trinajstić information content (AvgIpc) is 2.98. The summed E-state index contributed by atoms with van der Waals surface area (Å²) in [5, 5.41) is 17.4. The maximum atomic E-state index is 11.3. The second kappa shape index (κ2) is 6.59. The van der Waals surface area contributed by atoms with Gasteiger partial charge in [0.25, 0.3) is 0 Å². The zero-order chi connectivity index (χ0) is 17.1. The Bertz CT molecular complexity index is 918. The van der Waals surface area contributed by atoms with Gasteiger partial charge in [-0.15, -0.1) is 5.10 Å². The third-order valence-corrected chi connectivity index (χ3v) is 3.49. The summed E-state index contributed by atoms with van der Waals surface area (Å²) in [6.45, 7) is 0. The van der Waals surface area contributed by atoms with Gasteiger partial charge in [-0.25, -0.2) is 19.4 Å². The van der Waals surface area contributed by atoms with E-state index in [1.54, 1.807) is 54.3 Å². The summed E-state index contributed by atoms with van der Waals surface area (Å²) in [5.41, 5.74) is 1.82. The molecule has 24 heavy (non-hydrogen) atoms. The molecule has 0 bridgehead atoms. The van der Waals surface area contributed by atoms with Crippen molar-refractivity contribution in [2.24, 2.45) is 7.05 Å². The molecule has 0 radical (unpaired) electrons. The molecule has 0 fully saturated rings. The van der Waals surface area contributed by atoms with Gasteiger partial charge < -0.3 is 5.11 Å². The molecule has 3 rings (SSSR count). The summed E-state index contributed by atoms with van der Waals surface area (Å²) < 4.78 is 1.59. The highest BCUT2D eigenvalue weighted by Crippen LogP contribution is 2.19. The molecule has 2 aromatic heterocycles. The SMILES string of the molecule is Cn1nncc1/C=C/c1cc(C(=O)O)nc(-c2ccc(Cl)cc2)n1. The number of benzene rings is 1. The number of hydrogen-bond acceptors (Lipinski definition) is 5. The average molecular weight is 342 g/mol. The molecule has 8 heteroatoms. The maximum absolute atomic E-state index is 11.3. The molecule has 0 saturated heterocycles. The fraction of sp³-hybridized carbons (Fsp3) is 0.0625. The molecule has 1 N–H and O–H groups in total. The third kappa shape index (κ3) is 3.47. The number of nitrogens with zero attached hydrogens (tertiary/aromatic N) is 5. The molecule has 0 aliphatic rings. The van der Waals surface area contributed by atoms with Crippen molar-refractivity contribution in [2.45, 2.75) is 0 Å². The Kier molecular flexibility index (Phi) is 4.35. The molecule has 3 aromatic rings. The van der Waals surface area contributed by atoms with Gasteiger partial charge >= 0.3 is 5.97 Å². The van der Waals surface area contributed by atoms with Gasteiger partial charge in [0.05, 0.1) is 17.6 Å². The lowest BCUT2D eigenvalue weighted by Gasteiger charge is -2.04. The van der Waals surface area contributed by atoms with Crippen LogP contribution in [0.25, 0.3) is 23.5 Å².